The van der Waals surface area contributed by atoms with E-state index in [0.29, 0.717) is 18.7 Å². The molecule has 1 unspecified atom stereocenters. The van der Waals surface area contributed by atoms with Gasteiger partial charge >= 0.3 is 0 Å². The van der Waals surface area contributed by atoms with Crippen LogP contribution in [0.15, 0.2) is 63.2 Å². The minimum Gasteiger partial charge on any atom is -0.342 e. The van der Waals surface area contributed by atoms with E-state index in [-0.39, 0.29) is 10.8 Å². The predicted octanol–water partition coefficient (Wildman–Crippen LogP) is 4.40. The minimum atomic E-state index is -0.372. The Morgan fingerprint density at radius 2 is 1.96 bits per heavy atom. The lowest BCUT2D eigenvalue weighted by Gasteiger charge is -2.50. The van der Waals surface area contributed by atoms with Gasteiger partial charge in [0.15, 0.2) is 11.6 Å². The van der Waals surface area contributed by atoms with Gasteiger partial charge in [-0.05, 0) is 36.7 Å². The lowest BCUT2D eigenvalue weighted by Crippen LogP contribution is -2.48. The van der Waals surface area contributed by atoms with Gasteiger partial charge in [-0.3, -0.25) is 4.79 Å². The molecule has 1 N–H and O–H groups in total. The Bertz CT molecular complexity index is 845. The number of nitrogens with zero attached hydrogens (tertiary/aromatic N) is 2. The number of azo groups is 1. The molecule has 2 aliphatic carbocycles. The molecule has 5 rings (SSSR count). The summed E-state index contributed by atoms with van der Waals surface area (Å²) < 4.78 is 0. The SMILES string of the molecule is CCC1(c2ccccc2)C2=C(N=NC2)NC2=C1C(=O)CC1(CCC1)C2. The number of carbonyl (C=O) groups is 1. The highest BCUT2D eigenvalue weighted by atomic mass is 16.1. The van der Waals surface area contributed by atoms with Crippen LogP contribution in [0, 0.1) is 5.41 Å². The lowest BCUT2D eigenvalue weighted by molar-refractivity contribution is -0.121. The molecule has 1 atom stereocenters. The first-order valence-corrected chi connectivity index (χ1v) is 9.39. The minimum absolute atomic E-state index is 0.201. The predicted molar refractivity (Wildman–Crippen MR) is 95.8 cm³/mol. The maximum atomic E-state index is 13.4. The second-order valence-electron chi connectivity index (χ2n) is 7.96. The van der Waals surface area contributed by atoms with E-state index in [9.17, 15) is 4.79 Å². The number of ketones is 1. The Labute approximate surface area is 148 Å². The fraction of sp³-hybridized carbons (Fsp3) is 0.476. The van der Waals surface area contributed by atoms with Crippen molar-refractivity contribution in [2.24, 2.45) is 15.6 Å². The number of dihydropyridines is 1. The van der Waals surface area contributed by atoms with Gasteiger partial charge in [0.2, 0.25) is 0 Å². The summed E-state index contributed by atoms with van der Waals surface area (Å²) in [5.41, 5.74) is 4.30. The van der Waals surface area contributed by atoms with E-state index < -0.39 is 0 Å². The largest absolute Gasteiger partial charge is 0.342 e. The molecule has 25 heavy (non-hydrogen) atoms. The van der Waals surface area contributed by atoms with Crippen molar-refractivity contribution in [2.45, 2.75) is 50.9 Å². The van der Waals surface area contributed by atoms with E-state index in [1.165, 1.54) is 24.8 Å². The Balaban J connectivity index is 1.73. The van der Waals surface area contributed by atoms with E-state index in [2.05, 4.69) is 46.7 Å². The molecular weight excluding hydrogens is 310 g/mol. The molecule has 4 aliphatic rings. The summed E-state index contributed by atoms with van der Waals surface area (Å²) in [5.74, 6) is 1.21. The maximum Gasteiger partial charge on any atom is 0.162 e. The number of hydrogen-bond donors (Lipinski definition) is 1. The number of allylic oxidation sites excluding steroid dienone is 2. The van der Waals surface area contributed by atoms with E-state index in [4.69, 9.17) is 0 Å². The zero-order valence-corrected chi connectivity index (χ0v) is 14.6. The standard InChI is InChI=1S/C21H23N3O/c1-2-21(14-7-4-3-5-8-14)15-13-22-24-19(15)23-16-11-20(9-6-10-20)12-17(25)18(16)21/h3-5,7-8,23H,2,6,9-13H2,1H3. The zero-order chi connectivity index (χ0) is 17.1. The van der Waals surface area contributed by atoms with Gasteiger partial charge in [0.05, 0.1) is 12.0 Å². The highest BCUT2D eigenvalue weighted by molar-refractivity contribution is 6.01. The van der Waals surface area contributed by atoms with Gasteiger partial charge in [0.1, 0.15) is 0 Å². The molecule has 2 heterocycles. The molecule has 4 nitrogen and oxygen atoms in total. The number of hydrogen-bond acceptors (Lipinski definition) is 4. The molecule has 1 saturated carbocycles. The van der Waals surface area contributed by atoms with E-state index in [1.54, 1.807) is 0 Å². The van der Waals surface area contributed by atoms with Gasteiger partial charge in [-0.2, -0.15) is 5.11 Å². The first-order chi connectivity index (χ1) is 12.2. The quantitative estimate of drug-likeness (QED) is 0.872. The smallest absolute Gasteiger partial charge is 0.162 e. The van der Waals surface area contributed by atoms with Gasteiger partial charge in [-0.25, -0.2) is 0 Å². The van der Waals surface area contributed by atoms with Gasteiger partial charge < -0.3 is 5.32 Å². The van der Waals surface area contributed by atoms with Gasteiger partial charge in [0, 0.05) is 23.3 Å². The molecule has 1 spiro atoms. The molecule has 0 saturated heterocycles. The first-order valence-electron chi connectivity index (χ1n) is 9.39. The molecule has 128 valence electrons. The molecule has 0 aromatic heterocycles. The number of nitrogens with one attached hydrogen (secondary N) is 1. The Morgan fingerprint density at radius 1 is 1.16 bits per heavy atom. The second kappa shape index (κ2) is 5.13. The monoisotopic (exact) mass is 333 g/mol. The maximum absolute atomic E-state index is 13.4. The van der Waals surface area contributed by atoms with Crippen LogP contribution in [0.4, 0.5) is 0 Å². The summed E-state index contributed by atoms with van der Waals surface area (Å²) in [7, 11) is 0. The van der Waals surface area contributed by atoms with Crippen molar-refractivity contribution in [3.63, 3.8) is 0 Å². The summed E-state index contributed by atoms with van der Waals surface area (Å²) in [4.78, 5) is 13.4. The van der Waals surface area contributed by atoms with Crippen LogP contribution in [-0.4, -0.2) is 12.3 Å². The summed E-state index contributed by atoms with van der Waals surface area (Å²) >= 11 is 0. The second-order valence-corrected chi connectivity index (χ2v) is 7.96. The van der Waals surface area contributed by atoms with Crippen LogP contribution in [0.25, 0.3) is 0 Å². The van der Waals surface area contributed by atoms with E-state index in [0.717, 1.165) is 35.5 Å². The van der Waals surface area contributed by atoms with Crippen LogP contribution in [0.5, 0.6) is 0 Å². The number of Topliss-reactive ketones (excluding diaryl/α,β-unsaturated/α-hetero) is 1. The lowest BCUT2D eigenvalue weighted by atomic mass is 9.55. The fourth-order valence-electron chi connectivity index (χ4n) is 5.43. The van der Waals surface area contributed by atoms with Crippen molar-refractivity contribution in [1.29, 1.82) is 0 Å². The molecular formula is C21H23N3O. The molecule has 1 fully saturated rings. The molecule has 4 heteroatoms. The van der Waals surface area contributed by atoms with Crippen LogP contribution in [0.2, 0.25) is 0 Å². The molecule has 0 bridgehead atoms. The third-order valence-corrected chi connectivity index (χ3v) is 6.78. The molecule has 2 aliphatic heterocycles. The summed E-state index contributed by atoms with van der Waals surface area (Å²) in [6.07, 6.45) is 6.15. The molecule has 1 aromatic rings. The fourth-order valence-corrected chi connectivity index (χ4v) is 5.43. The average Bonchev–Trinajstić information content (AvgIpc) is 3.07. The average molecular weight is 333 g/mol. The topological polar surface area (TPSA) is 53.8 Å². The van der Waals surface area contributed by atoms with E-state index >= 15 is 0 Å². The van der Waals surface area contributed by atoms with E-state index in [1.807, 2.05) is 6.07 Å². The Morgan fingerprint density at radius 3 is 2.64 bits per heavy atom. The number of carbonyl (C=O) groups excluding carboxylic acids is 1. The third kappa shape index (κ3) is 1.91. The van der Waals surface area contributed by atoms with Crippen molar-refractivity contribution in [3.05, 3.63) is 58.6 Å². The van der Waals surface area contributed by atoms with Crippen LogP contribution >= 0.6 is 0 Å². The van der Waals surface area contributed by atoms with Gasteiger partial charge in [-0.15, -0.1) is 5.11 Å². The highest BCUT2D eigenvalue weighted by Crippen LogP contribution is 2.57. The van der Waals surface area contributed by atoms with Crippen molar-refractivity contribution >= 4 is 5.78 Å². The normalized spacial score (nSPS) is 29.4. The first kappa shape index (κ1) is 15.1. The Kier molecular flexibility index (Phi) is 3.09. The molecule has 1 aromatic carbocycles. The van der Waals surface area contributed by atoms with Crippen LogP contribution in [0.3, 0.4) is 0 Å². The van der Waals surface area contributed by atoms with Crippen molar-refractivity contribution in [1.82, 2.24) is 5.32 Å². The third-order valence-electron chi connectivity index (χ3n) is 6.78. The number of rotatable bonds is 2. The van der Waals surface area contributed by atoms with Crippen molar-refractivity contribution < 1.29 is 4.79 Å². The Hall–Kier alpha value is -2.23. The van der Waals surface area contributed by atoms with Crippen LogP contribution < -0.4 is 5.32 Å². The van der Waals surface area contributed by atoms with Gasteiger partial charge in [0.25, 0.3) is 0 Å². The van der Waals surface area contributed by atoms with Crippen molar-refractivity contribution in [2.75, 3.05) is 6.54 Å². The number of benzene rings is 1. The van der Waals surface area contributed by atoms with Gasteiger partial charge in [-0.1, -0.05) is 43.7 Å². The van der Waals surface area contributed by atoms with Crippen LogP contribution in [-0.2, 0) is 10.2 Å². The van der Waals surface area contributed by atoms with Crippen molar-refractivity contribution in [3.8, 4) is 0 Å². The van der Waals surface area contributed by atoms with Crippen LogP contribution in [0.1, 0.15) is 51.0 Å². The summed E-state index contributed by atoms with van der Waals surface area (Å²) in [6.45, 7) is 2.77. The summed E-state index contributed by atoms with van der Waals surface area (Å²) in [5, 5.41) is 12.2. The summed E-state index contributed by atoms with van der Waals surface area (Å²) in [6, 6.07) is 10.5. The zero-order valence-electron chi connectivity index (χ0n) is 14.6. The highest BCUT2D eigenvalue weighted by Gasteiger charge is 2.53. The molecule has 0 radical (unpaired) electrons. The molecule has 0 amide bonds.